The van der Waals surface area contributed by atoms with E-state index in [1.807, 2.05) is 0 Å². The molecule has 82 valence electrons. The Bertz CT molecular complexity index is 543. The van der Waals surface area contributed by atoms with Crippen molar-refractivity contribution < 1.29 is 18.0 Å². The van der Waals surface area contributed by atoms with Crippen LogP contribution in [0.2, 0.25) is 0 Å². The molecule has 0 saturated carbocycles. The Morgan fingerprint density at radius 1 is 1.00 bits per heavy atom. The molecule has 0 aliphatic rings. The van der Waals surface area contributed by atoms with Gasteiger partial charge in [0.15, 0.2) is 6.29 Å². The van der Waals surface area contributed by atoms with Crippen molar-refractivity contribution in [1.82, 2.24) is 0 Å². The molecule has 0 fully saturated rings. The molecule has 2 aromatic carbocycles. The summed E-state index contributed by atoms with van der Waals surface area (Å²) >= 11 is 0. The highest BCUT2D eigenvalue weighted by Gasteiger charge is 2.35. The van der Waals surface area contributed by atoms with E-state index in [9.17, 15) is 18.0 Å². The van der Waals surface area contributed by atoms with Crippen LogP contribution < -0.4 is 0 Å². The van der Waals surface area contributed by atoms with Crippen LogP contribution in [0.5, 0.6) is 0 Å². The fourth-order valence-electron chi connectivity index (χ4n) is 1.70. The minimum atomic E-state index is -4.52. The van der Waals surface area contributed by atoms with Crippen molar-refractivity contribution in [2.45, 2.75) is 6.18 Å². The molecule has 0 aliphatic heterocycles. The van der Waals surface area contributed by atoms with E-state index in [4.69, 9.17) is 0 Å². The molecule has 0 spiro atoms. The van der Waals surface area contributed by atoms with Gasteiger partial charge in [-0.3, -0.25) is 4.79 Å². The molecule has 0 saturated heterocycles. The highest BCUT2D eigenvalue weighted by molar-refractivity contribution is 5.93. The van der Waals surface area contributed by atoms with E-state index in [0.717, 1.165) is 0 Å². The van der Waals surface area contributed by atoms with Crippen LogP contribution in [0.1, 0.15) is 15.9 Å². The van der Waals surface area contributed by atoms with Crippen LogP contribution in [-0.2, 0) is 6.18 Å². The fraction of sp³-hybridized carbons (Fsp3) is 0.0833. The molecule has 0 heterocycles. The largest absolute Gasteiger partial charge is 0.417 e. The summed E-state index contributed by atoms with van der Waals surface area (Å²) in [6.07, 6.45) is -4.29. The van der Waals surface area contributed by atoms with Crippen LogP contribution in [0.25, 0.3) is 10.8 Å². The lowest BCUT2D eigenvalue weighted by Crippen LogP contribution is -2.09. The molecule has 2 rings (SSSR count). The summed E-state index contributed by atoms with van der Waals surface area (Å²) in [4.78, 5) is 10.6. The Morgan fingerprint density at radius 2 is 1.69 bits per heavy atom. The molecule has 0 aromatic heterocycles. The van der Waals surface area contributed by atoms with E-state index < -0.39 is 11.7 Å². The lowest BCUT2D eigenvalue weighted by molar-refractivity contribution is -0.136. The van der Waals surface area contributed by atoms with Gasteiger partial charge in [-0.05, 0) is 10.8 Å². The van der Waals surface area contributed by atoms with Gasteiger partial charge in [-0.1, -0.05) is 36.4 Å². The van der Waals surface area contributed by atoms with Crippen molar-refractivity contribution in [3.8, 4) is 0 Å². The second-order valence-electron chi connectivity index (χ2n) is 3.37. The standard InChI is InChI=1S/C12H7F3O/c13-12(14,15)11-9(7-16)6-5-8-3-1-2-4-10(8)11/h1-7H. The third-order valence-electron chi connectivity index (χ3n) is 2.37. The van der Waals surface area contributed by atoms with E-state index in [2.05, 4.69) is 0 Å². The summed E-state index contributed by atoms with van der Waals surface area (Å²) in [5.41, 5.74) is -1.19. The van der Waals surface area contributed by atoms with Gasteiger partial charge in [0.1, 0.15) is 0 Å². The number of alkyl halides is 3. The average molecular weight is 224 g/mol. The molecular weight excluding hydrogens is 217 g/mol. The predicted octanol–water partition coefficient (Wildman–Crippen LogP) is 3.67. The first-order chi connectivity index (χ1) is 7.54. The second-order valence-corrected chi connectivity index (χ2v) is 3.37. The molecule has 0 radical (unpaired) electrons. The van der Waals surface area contributed by atoms with Crippen molar-refractivity contribution in [1.29, 1.82) is 0 Å². The smallest absolute Gasteiger partial charge is 0.298 e. The van der Waals surface area contributed by atoms with Gasteiger partial charge in [0, 0.05) is 5.56 Å². The van der Waals surface area contributed by atoms with Crippen molar-refractivity contribution in [3.63, 3.8) is 0 Å². The number of aldehydes is 1. The quantitative estimate of drug-likeness (QED) is 0.675. The molecular formula is C12H7F3O. The zero-order chi connectivity index (χ0) is 11.8. The molecule has 0 amide bonds. The third kappa shape index (κ3) is 1.66. The summed E-state index contributed by atoms with van der Waals surface area (Å²) in [5, 5.41) is 0.528. The average Bonchev–Trinajstić information content (AvgIpc) is 2.26. The Kier molecular flexibility index (Phi) is 2.42. The number of halogens is 3. The van der Waals surface area contributed by atoms with Crippen LogP contribution in [0.4, 0.5) is 13.2 Å². The van der Waals surface area contributed by atoms with Gasteiger partial charge in [0.05, 0.1) is 5.56 Å². The predicted molar refractivity (Wildman–Crippen MR) is 54.3 cm³/mol. The lowest BCUT2D eigenvalue weighted by atomic mass is 9.99. The highest BCUT2D eigenvalue weighted by Crippen LogP contribution is 2.36. The Balaban J connectivity index is 2.89. The Hall–Kier alpha value is -1.84. The minimum Gasteiger partial charge on any atom is -0.298 e. The monoisotopic (exact) mass is 224 g/mol. The minimum absolute atomic E-state index is 0.0552. The normalized spacial score (nSPS) is 11.7. The molecule has 4 heteroatoms. The van der Waals surface area contributed by atoms with Gasteiger partial charge in [0.2, 0.25) is 0 Å². The summed E-state index contributed by atoms with van der Waals surface area (Å²) in [5.74, 6) is 0. The number of hydrogen-bond donors (Lipinski definition) is 0. The van der Waals surface area contributed by atoms with Gasteiger partial charge in [-0.15, -0.1) is 0 Å². The molecule has 0 atom stereocenters. The van der Waals surface area contributed by atoms with Crippen LogP contribution in [0, 0.1) is 0 Å². The number of fused-ring (bicyclic) bond motifs is 1. The van der Waals surface area contributed by atoms with Crippen LogP contribution in [0.15, 0.2) is 36.4 Å². The van der Waals surface area contributed by atoms with E-state index in [0.29, 0.717) is 5.39 Å². The summed E-state index contributed by atoms with van der Waals surface area (Å²) in [6.45, 7) is 0. The van der Waals surface area contributed by atoms with Crippen molar-refractivity contribution in [3.05, 3.63) is 47.5 Å². The van der Waals surface area contributed by atoms with Gasteiger partial charge in [0.25, 0.3) is 0 Å². The van der Waals surface area contributed by atoms with E-state index in [-0.39, 0.29) is 17.2 Å². The molecule has 0 N–H and O–H groups in total. The summed E-state index contributed by atoms with van der Waals surface area (Å²) in [7, 11) is 0. The van der Waals surface area contributed by atoms with Gasteiger partial charge < -0.3 is 0 Å². The SMILES string of the molecule is O=Cc1ccc2ccccc2c1C(F)(F)F. The molecule has 0 bridgehead atoms. The third-order valence-corrected chi connectivity index (χ3v) is 2.37. The van der Waals surface area contributed by atoms with Crippen LogP contribution in [0.3, 0.4) is 0 Å². The van der Waals surface area contributed by atoms with Crippen molar-refractivity contribution in [2.75, 3.05) is 0 Å². The maximum atomic E-state index is 12.8. The number of rotatable bonds is 1. The maximum Gasteiger partial charge on any atom is 0.417 e. The van der Waals surface area contributed by atoms with E-state index in [1.54, 1.807) is 12.1 Å². The molecule has 1 nitrogen and oxygen atoms in total. The fourth-order valence-corrected chi connectivity index (χ4v) is 1.70. The van der Waals surface area contributed by atoms with E-state index >= 15 is 0 Å². The molecule has 2 aromatic rings. The molecule has 0 aliphatic carbocycles. The summed E-state index contributed by atoms with van der Waals surface area (Å²) in [6, 6.07) is 8.83. The second kappa shape index (κ2) is 3.63. The number of hydrogen-bond acceptors (Lipinski definition) is 1. The Labute approximate surface area is 89.5 Å². The zero-order valence-electron chi connectivity index (χ0n) is 8.08. The van der Waals surface area contributed by atoms with Crippen LogP contribution >= 0.6 is 0 Å². The molecule has 0 unspecified atom stereocenters. The Morgan fingerprint density at radius 3 is 2.31 bits per heavy atom. The van der Waals surface area contributed by atoms with Gasteiger partial charge in [-0.2, -0.15) is 13.2 Å². The highest BCUT2D eigenvalue weighted by atomic mass is 19.4. The first kappa shape index (κ1) is 10.7. The first-order valence-corrected chi connectivity index (χ1v) is 4.58. The van der Waals surface area contributed by atoms with Crippen molar-refractivity contribution >= 4 is 17.1 Å². The topological polar surface area (TPSA) is 17.1 Å². The van der Waals surface area contributed by atoms with Crippen molar-refractivity contribution in [2.24, 2.45) is 0 Å². The maximum absolute atomic E-state index is 12.8. The van der Waals surface area contributed by atoms with E-state index in [1.165, 1.54) is 24.3 Å². The number of carbonyl (C=O) groups is 1. The lowest BCUT2D eigenvalue weighted by Gasteiger charge is -2.12. The first-order valence-electron chi connectivity index (χ1n) is 4.58. The van der Waals surface area contributed by atoms with Crippen LogP contribution in [-0.4, -0.2) is 6.29 Å². The molecule has 16 heavy (non-hydrogen) atoms. The number of carbonyl (C=O) groups excluding carboxylic acids is 1. The van der Waals surface area contributed by atoms with Gasteiger partial charge in [-0.25, -0.2) is 0 Å². The zero-order valence-corrected chi connectivity index (χ0v) is 8.08. The van der Waals surface area contributed by atoms with Gasteiger partial charge >= 0.3 is 6.18 Å². The summed E-state index contributed by atoms with van der Waals surface area (Å²) < 4.78 is 38.4. The number of benzene rings is 2.